The molecule has 0 aliphatic heterocycles. The Balaban J connectivity index is 2.60. The molecule has 1 aromatic heterocycles. The fourth-order valence-corrected chi connectivity index (χ4v) is 2.29. The van der Waals surface area contributed by atoms with Gasteiger partial charge in [0, 0.05) is 23.5 Å². The molecule has 0 radical (unpaired) electrons. The third kappa shape index (κ3) is 2.34. The van der Waals surface area contributed by atoms with E-state index in [9.17, 15) is 9.90 Å². The highest BCUT2D eigenvalue weighted by molar-refractivity contribution is 5.91. The maximum atomic E-state index is 11.2. The van der Waals surface area contributed by atoms with Crippen molar-refractivity contribution in [1.82, 2.24) is 4.57 Å². The number of carboxylic acid groups (broad SMARTS) is 1. The lowest BCUT2D eigenvalue weighted by Gasteiger charge is -2.10. The molecule has 0 unspecified atom stereocenters. The van der Waals surface area contributed by atoms with Crippen molar-refractivity contribution < 1.29 is 14.6 Å². The topological polar surface area (TPSA) is 51.5 Å². The second kappa shape index (κ2) is 5.18. The number of ether oxygens (including phenoxy) is 1. The SMILES string of the molecule is CCn1c(-c2cccc(OC)c2)cc(C(=O)O)c1C. The highest BCUT2D eigenvalue weighted by Gasteiger charge is 2.17. The Morgan fingerprint density at radius 1 is 1.37 bits per heavy atom. The molecule has 0 fully saturated rings. The Labute approximate surface area is 112 Å². The molecule has 0 aliphatic carbocycles. The number of aromatic nitrogens is 1. The van der Waals surface area contributed by atoms with Crippen molar-refractivity contribution in [2.45, 2.75) is 20.4 Å². The van der Waals surface area contributed by atoms with Crippen LogP contribution >= 0.6 is 0 Å². The lowest BCUT2D eigenvalue weighted by atomic mass is 10.1. The number of rotatable bonds is 4. The van der Waals surface area contributed by atoms with Crippen LogP contribution in [0.25, 0.3) is 11.3 Å². The van der Waals surface area contributed by atoms with Crippen LogP contribution in [0, 0.1) is 6.92 Å². The van der Waals surface area contributed by atoms with E-state index in [0.717, 1.165) is 29.2 Å². The molecule has 0 saturated heterocycles. The minimum absolute atomic E-state index is 0.347. The number of methoxy groups -OCH3 is 1. The van der Waals surface area contributed by atoms with E-state index in [1.165, 1.54) is 0 Å². The van der Waals surface area contributed by atoms with Crippen molar-refractivity contribution >= 4 is 5.97 Å². The number of benzene rings is 1. The monoisotopic (exact) mass is 259 g/mol. The molecule has 0 saturated carbocycles. The summed E-state index contributed by atoms with van der Waals surface area (Å²) in [5.41, 5.74) is 2.97. The number of carbonyl (C=O) groups is 1. The van der Waals surface area contributed by atoms with Crippen molar-refractivity contribution in [2.75, 3.05) is 7.11 Å². The van der Waals surface area contributed by atoms with Crippen LogP contribution in [-0.2, 0) is 6.54 Å². The van der Waals surface area contributed by atoms with Gasteiger partial charge in [-0.15, -0.1) is 0 Å². The van der Waals surface area contributed by atoms with Crippen LogP contribution in [0.3, 0.4) is 0 Å². The second-order valence-corrected chi connectivity index (χ2v) is 4.31. The van der Waals surface area contributed by atoms with E-state index in [2.05, 4.69) is 0 Å². The summed E-state index contributed by atoms with van der Waals surface area (Å²) < 4.78 is 7.21. The summed E-state index contributed by atoms with van der Waals surface area (Å²) in [5, 5.41) is 9.21. The fraction of sp³-hybridized carbons (Fsp3) is 0.267. The van der Waals surface area contributed by atoms with E-state index < -0.39 is 5.97 Å². The van der Waals surface area contributed by atoms with Gasteiger partial charge in [-0.05, 0) is 32.0 Å². The average Bonchev–Trinajstić information content (AvgIpc) is 2.75. The Morgan fingerprint density at radius 2 is 2.11 bits per heavy atom. The van der Waals surface area contributed by atoms with E-state index in [1.807, 2.05) is 42.7 Å². The molecule has 1 N–H and O–H groups in total. The van der Waals surface area contributed by atoms with Gasteiger partial charge in [-0.3, -0.25) is 0 Å². The van der Waals surface area contributed by atoms with Gasteiger partial charge in [0.1, 0.15) is 5.75 Å². The molecule has 0 atom stereocenters. The summed E-state index contributed by atoms with van der Waals surface area (Å²) in [6, 6.07) is 9.35. The number of aromatic carboxylic acids is 1. The molecule has 2 rings (SSSR count). The predicted molar refractivity (Wildman–Crippen MR) is 73.8 cm³/mol. The van der Waals surface area contributed by atoms with Crippen LogP contribution in [0.5, 0.6) is 5.75 Å². The van der Waals surface area contributed by atoms with Crippen molar-refractivity contribution in [3.05, 3.63) is 41.6 Å². The molecule has 1 aromatic carbocycles. The summed E-state index contributed by atoms with van der Waals surface area (Å²) in [7, 11) is 1.62. The quantitative estimate of drug-likeness (QED) is 0.917. The van der Waals surface area contributed by atoms with Crippen LogP contribution in [0.2, 0.25) is 0 Å². The van der Waals surface area contributed by atoms with E-state index in [0.29, 0.717) is 5.56 Å². The molecular formula is C15H17NO3. The molecular weight excluding hydrogens is 242 g/mol. The first-order chi connectivity index (χ1) is 9.08. The first-order valence-corrected chi connectivity index (χ1v) is 6.16. The highest BCUT2D eigenvalue weighted by Crippen LogP contribution is 2.28. The minimum atomic E-state index is -0.895. The summed E-state index contributed by atoms with van der Waals surface area (Å²) in [6.07, 6.45) is 0. The molecule has 19 heavy (non-hydrogen) atoms. The largest absolute Gasteiger partial charge is 0.497 e. The Kier molecular flexibility index (Phi) is 3.60. The Morgan fingerprint density at radius 3 is 2.68 bits per heavy atom. The minimum Gasteiger partial charge on any atom is -0.497 e. The lowest BCUT2D eigenvalue weighted by Crippen LogP contribution is -2.02. The zero-order valence-corrected chi connectivity index (χ0v) is 11.3. The first-order valence-electron chi connectivity index (χ1n) is 6.16. The summed E-state index contributed by atoms with van der Waals surface area (Å²) >= 11 is 0. The third-order valence-electron chi connectivity index (χ3n) is 3.28. The fourth-order valence-electron chi connectivity index (χ4n) is 2.29. The zero-order valence-electron chi connectivity index (χ0n) is 11.3. The molecule has 0 aliphatic rings. The smallest absolute Gasteiger partial charge is 0.337 e. The molecule has 0 amide bonds. The maximum absolute atomic E-state index is 11.2. The predicted octanol–water partition coefficient (Wildman–Crippen LogP) is 3.19. The van der Waals surface area contributed by atoms with Gasteiger partial charge in [-0.2, -0.15) is 0 Å². The van der Waals surface area contributed by atoms with Gasteiger partial charge in [0.25, 0.3) is 0 Å². The maximum Gasteiger partial charge on any atom is 0.337 e. The molecule has 100 valence electrons. The summed E-state index contributed by atoms with van der Waals surface area (Å²) in [5.74, 6) is -0.135. The van der Waals surface area contributed by atoms with E-state index in [-0.39, 0.29) is 0 Å². The third-order valence-corrected chi connectivity index (χ3v) is 3.28. The number of carboxylic acids is 1. The Bertz CT molecular complexity index is 614. The normalized spacial score (nSPS) is 10.5. The van der Waals surface area contributed by atoms with Crippen LogP contribution in [0.1, 0.15) is 23.0 Å². The number of hydrogen-bond donors (Lipinski definition) is 1. The van der Waals surface area contributed by atoms with Crippen LogP contribution in [-0.4, -0.2) is 22.8 Å². The van der Waals surface area contributed by atoms with Gasteiger partial charge < -0.3 is 14.4 Å². The lowest BCUT2D eigenvalue weighted by molar-refractivity contribution is 0.0696. The molecule has 2 aromatic rings. The van der Waals surface area contributed by atoms with Gasteiger partial charge in [0.15, 0.2) is 0 Å². The summed E-state index contributed by atoms with van der Waals surface area (Å²) in [6.45, 7) is 4.56. The van der Waals surface area contributed by atoms with Gasteiger partial charge in [0.05, 0.1) is 12.7 Å². The van der Waals surface area contributed by atoms with E-state index in [1.54, 1.807) is 13.2 Å². The van der Waals surface area contributed by atoms with Gasteiger partial charge in [0.2, 0.25) is 0 Å². The van der Waals surface area contributed by atoms with Crippen molar-refractivity contribution in [3.63, 3.8) is 0 Å². The van der Waals surface area contributed by atoms with Crippen LogP contribution in [0.4, 0.5) is 0 Å². The zero-order chi connectivity index (χ0) is 14.0. The van der Waals surface area contributed by atoms with Crippen LogP contribution in [0.15, 0.2) is 30.3 Å². The number of nitrogens with zero attached hydrogens (tertiary/aromatic N) is 1. The van der Waals surface area contributed by atoms with E-state index in [4.69, 9.17) is 4.74 Å². The van der Waals surface area contributed by atoms with Crippen LogP contribution < -0.4 is 4.74 Å². The van der Waals surface area contributed by atoms with E-state index >= 15 is 0 Å². The number of hydrogen-bond acceptors (Lipinski definition) is 2. The summed E-state index contributed by atoms with van der Waals surface area (Å²) in [4.78, 5) is 11.2. The van der Waals surface area contributed by atoms with Gasteiger partial charge in [-0.1, -0.05) is 12.1 Å². The van der Waals surface area contributed by atoms with Crippen molar-refractivity contribution in [1.29, 1.82) is 0 Å². The van der Waals surface area contributed by atoms with Gasteiger partial charge >= 0.3 is 5.97 Å². The molecule has 0 spiro atoms. The Hall–Kier alpha value is -2.23. The molecule has 0 bridgehead atoms. The molecule has 4 heteroatoms. The highest BCUT2D eigenvalue weighted by atomic mass is 16.5. The molecule has 1 heterocycles. The van der Waals surface area contributed by atoms with Crippen molar-refractivity contribution in [2.24, 2.45) is 0 Å². The average molecular weight is 259 g/mol. The van der Waals surface area contributed by atoms with Crippen molar-refractivity contribution in [3.8, 4) is 17.0 Å². The second-order valence-electron chi connectivity index (χ2n) is 4.31. The first kappa shape index (κ1) is 13.2. The van der Waals surface area contributed by atoms with Gasteiger partial charge in [-0.25, -0.2) is 4.79 Å². The standard InChI is InChI=1S/C15H17NO3/c1-4-16-10(2)13(15(17)18)9-14(16)11-6-5-7-12(8-11)19-3/h5-9H,4H2,1-3H3,(H,17,18). The molecule has 4 nitrogen and oxygen atoms in total.